The molecule has 0 aliphatic rings. The molecule has 0 aliphatic heterocycles. The maximum absolute atomic E-state index is 11.1. The van der Waals surface area contributed by atoms with Crippen molar-refractivity contribution in [3.8, 4) is 0 Å². The van der Waals surface area contributed by atoms with E-state index in [4.69, 9.17) is 88.5 Å². The summed E-state index contributed by atoms with van der Waals surface area (Å²) < 4.78 is 49.6. The molecule has 0 bridgehead atoms. The second kappa shape index (κ2) is 25.4. The van der Waals surface area contributed by atoms with Gasteiger partial charge in [0, 0.05) is 23.0 Å². The highest BCUT2D eigenvalue weighted by molar-refractivity contribution is 8.69. The minimum absolute atomic E-state index is 0.0398. The third kappa shape index (κ3) is 26.6. The lowest BCUT2D eigenvalue weighted by Gasteiger charge is -2.32. The molecule has 22 heteroatoms. The lowest BCUT2D eigenvalue weighted by molar-refractivity contribution is -0.136. The van der Waals surface area contributed by atoms with Crippen molar-refractivity contribution in [2.75, 3.05) is 23.0 Å². The van der Waals surface area contributed by atoms with Gasteiger partial charge in [-0.25, -0.2) is 0 Å². The average Bonchev–Trinajstić information content (AvgIpc) is 2.87. The zero-order chi connectivity index (χ0) is 38.2. The van der Waals surface area contributed by atoms with E-state index in [0.29, 0.717) is 17.3 Å². The van der Waals surface area contributed by atoms with Gasteiger partial charge in [0.05, 0.1) is 55.3 Å². The van der Waals surface area contributed by atoms with Crippen molar-refractivity contribution in [2.45, 2.75) is 145 Å². The maximum atomic E-state index is 11.1. The number of carboxylic acids is 1. The van der Waals surface area contributed by atoms with E-state index in [-0.39, 0.29) is 61.0 Å². The van der Waals surface area contributed by atoms with Crippen LogP contribution in [0, 0.1) is 0 Å². The summed E-state index contributed by atoms with van der Waals surface area (Å²) in [5.41, 5.74) is -11.1. The molecule has 0 spiro atoms. The zero-order valence-electron chi connectivity index (χ0n) is 30.8. The summed E-state index contributed by atoms with van der Waals surface area (Å²) in [6.45, 7) is 25.0. The second-order valence-electron chi connectivity index (χ2n) is 12.2. The molecule has 0 rings (SSSR count). The first-order valence-electron chi connectivity index (χ1n) is 16.0. The van der Waals surface area contributed by atoms with Crippen LogP contribution in [0.25, 0.3) is 0 Å². The Labute approximate surface area is 333 Å². The molecule has 0 aliphatic carbocycles. The van der Waals surface area contributed by atoms with Crippen molar-refractivity contribution in [1.29, 1.82) is 0 Å². The predicted octanol–water partition coefficient (Wildman–Crippen LogP) is 11.6. The van der Waals surface area contributed by atoms with Gasteiger partial charge in [-0.1, -0.05) is 45.5 Å². The minimum atomic E-state index is -3.00. The molecule has 0 amide bonds. The molecule has 0 radical (unpaired) electrons. The number of hydrogen-bond acceptors (Lipinski definition) is 17. The number of hydrogen-bond donors (Lipinski definition) is 1. The summed E-state index contributed by atoms with van der Waals surface area (Å²) in [6, 6.07) is 0. The van der Waals surface area contributed by atoms with Gasteiger partial charge >= 0.3 is 5.97 Å². The topological polar surface area (TPSA) is 111 Å². The number of carbonyl (C=O) groups is 1. The van der Waals surface area contributed by atoms with Gasteiger partial charge < -0.3 is 41.3 Å². The number of aliphatic carboxylic acids is 1. The SMILES string of the molecule is CC(C)OP(=S)(OC(C)C)SCC(C)OP(=S)(OC(C)CSP(=S)(OC(C)C)OC(C)C)SCC(C)OP(=S)(OC(C)C)SCCC(=O)O. The molecule has 4 atom stereocenters. The van der Waals surface area contributed by atoms with Crippen LogP contribution in [0.1, 0.15) is 96.4 Å². The summed E-state index contributed by atoms with van der Waals surface area (Å²) in [5.74, 6) is 0.772. The van der Waals surface area contributed by atoms with E-state index < -0.39 is 28.7 Å². The molecule has 0 fully saturated rings. The Morgan fingerprint density at radius 1 is 0.469 bits per heavy atom. The van der Waals surface area contributed by atoms with Gasteiger partial charge in [0.25, 0.3) is 0 Å². The molecular formula is C27H58O10P4S8. The van der Waals surface area contributed by atoms with E-state index in [0.717, 1.165) is 0 Å². The smallest absolute Gasteiger partial charge is 0.304 e. The highest BCUT2D eigenvalue weighted by atomic mass is 32.9. The van der Waals surface area contributed by atoms with E-state index in [2.05, 4.69) is 0 Å². The Bertz CT molecular complexity index is 1080. The molecule has 0 saturated heterocycles. The largest absolute Gasteiger partial charge is 0.481 e. The molecule has 0 aromatic heterocycles. The first kappa shape index (κ1) is 52.2. The molecular weight excluding hydrogens is 865 g/mol. The van der Waals surface area contributed by atoms with Gasteiger partial charge in [-0.15, -0.1) is 0 Å². The maximum Gasteiger partial charge on any atom is 0.304 e. The first-order valence-corrected chi connectivity index (χ1v) is 32.9. The van der Waals surface area contributed by atoms with Crippen molar-refractivity contribution >= 4 is 121 Å². The molecule has 0 aromatic rings. The van der Waals surface area contributed by atoms with Gasteiger partial charge in [0.15, 0.2) is 0 Å². The van der Waals surface area contributed by atoms with Crippen LogP contribution in [0.4, 0.5) is 0 Å². The van der Waals surface area contributed by atoms with Crippen LogP contribution in [0.5, 0.6) is 0 Å². The van der Waals surface area contributed by atoms with Crippen LogP contribution in [0.2, 0.25) is 0 Å². The monoisotopic (exact) mass is 922 g/mol. The van der Waals surface area contributed by atoms with E-state index in [1.807, 2.05) is 90.0 Å². The van der Waals surface area contributed by atoms with Crippen molar-refractivity contribution < 1.29 is 46.1 Å². The number of carboxylic acid groups (broad SMARTS) is 1. The van der Waals surface area contributed by atoms with Crippen LogP contribution < -0.4 is 0 Å². The molecule has 0 heterocycles. The fraction of sp³-hybridized carbons (Fsp3) is 0.963. The van der Waals surface area contributed by atoms with Crippen molar-refractivity contribution in [3.05, 3.63) is 0 Å². The van der Waals surface area contributed by atoms with Gasteiger partial charge in [-0.05, 0) is 137 Å². The summed E-state index contributed by atoms with van der Waals surface area (Å²) in [5, 5.41) is 9.12. The molecule has 49 heavy (non-hydrogen) atoms. The Morgan fingerprint density at radius 3 is 0.918 bits per heavy atom. The summed E-state index contributed by atoms with van der Waals surface area (Å²) in [6.07, 6.45) is -1.63. The fourth-order valence-electron chi connectivity index (χ4n) is 3.22. The Kier molecular flexibility index (Phi) is 27.0. The van der Waals surface area contributed by atoms with Gasteiger partial charge in [0.1, 0.15) is 0 Å². The predicted molar refractivity (Wildman–Crippen MR) is 232 cm³/mol. The summed E-state index contributed by atoms with van der Waals surface area (Å²) in [4.78, 5) is 11.1. The van der Waals surface area contributed by atoms with Crippen LogP contribution >= 0.6 is 68.3 Å². The molecule has 0 aromatic carbocycles. The third-order valence-corrected chi connectivity index (χ3v) is 27.0. The lowest BCUT2D eigenvalue weighted by Crippen LogP contribution is -2.17. The second-order valence-corrected chi connectivity index (χ2v) is 37.3. The third-order valence-electron chi connectivity index (χ3n) is 4.59. The van der Waals surface area contributed by atoms with Crippen LogP contribution in [-0.4, -0.2) is 82.9 Å². The first-order chi connectivity index (χ1) is 22.3. The van der Waals surface area contributed by atoms with Crippen molar-refractivity contribution in [1.82, 2.24) is 0 Å². The van der Waals surface area contributed by atoms with Gasteiger partial charge in [-0.2, -0.15) is 0 Å². The summed E-state index contributed by atoms with van der Waals surface area (Å²) >= 11 is 29.1. The van der Waals surface area contributed by atoms with E-state index in [1.54, 1.807) is 0 Å². The minimum Gasteiger partial charge on any atom is -0.481 e. The molecule has 0 saturated carbocycles. The Hall–Kier alpha value is 3.15. The van der Waals surface area contributed by atoms with Gasteiger partial charge in [-0.3, -0.25) is 4.79 Å². The van der Waals surface area contributed by atoms with E-state index in [1.165, 1.54) is 45.5 Å². The van der Waals surface area contributed by atoms with E-state index in [9.17, 15) is 4.79 Å². The molecule has 1 N–H and O–H groups in total. The Morgan fingerprint density at radius 2 is 0.694 bits per heavy atom. The number of rotatable bonds is 29. The van der Waals surface area contributed by atoms with E-state index >= 15 is 0 Å². The standard InChI is InChI=1S/C27H58O10P4S8/c1-19(2)30-38(42,31-20(3)4)47-16-25(12)36-41(45,37-26(13)17-48-39(43,32-21(5)6)33-22(7)8)49-18-24(11)35-40(44,34-23(9)10)46-15-14-27(28)29/h19-26H,14-18H2,1-13H3,(H,28,29). The molecule has 294 valence electrons. The van der Waals surface area contributed by atoms with Crippen molar-refractivity contribution in [2.24, 2.45) is 0 Å². The zero-order valence-corrected chi connectivity index (χ0v) is 40.9. The lowest BCUT2D eigenvalue weighted by atomic mass is 10.5. The van der Waals surface area contributed by atoms with Crippen molar-refractivity contribution in [3.63, 3.8) is 0 Å². The highest BCUT2D eigenvalue weighted by Gasteiger charge is 2.33. The fourth-order valence-corrected chi connectivity index (χ4v) is 26.3. The normalized spacial score (nSPS) is 17.5. The van der Waals surface area contributed by atoms with Crippen LogP contribution in [0.15, 0.2) is 0 Å². The van der Waals surface area contributed by atoms with Crippen LogP contribution in [-0.2, 0) is 88.2 Å². The Balaban J connectivity index is 5.99. The van der Waals surface area contributed by atoms with Crippen LogP contribution in [0.3, 0.4) is 0 Å². The highest BCUT2D eigenvalue weighted by Crippen LogP contribution is 2.68. The summed E-state index contributed by atoms with van der Waals surface area (Å²) in [7, 11) is 0. The average molecular weight is 923 g/mol. The molecule has 10 nitrogen and oxygen atoms in total. The van der Waals surface area contributed by atoms with Gasteiger partial charge in [0.2, 0.25) is 22.8 Å². The quantitative estimate of drug-likeness (QED) is 0.0718. The molecule has 4 unspecified atom stereocenters.